The molecule has 0 saturated carbocycles. The number of anilines is 2. The molecule has 1 aromatic carbocycles. The molecule has 0 aliphatic carbocycles. The van der Waals surface area contributed by atoms with Crippen LogP contribution in [0, 0.1) is 0 Å². The van der Waals surface area contributed by atoms with Gasteiger partial charge >= 0.3 is 0 Å². The van der Waals surface area contributed by atoms with Crippen LogP contribution in [0.3, 0.4) is 0 Å². The number of aromatic nitrogens is 2. The molecular weight excluding hydrogens is 254 g/mol. The third-order valence-corrected chi connectivity index (χ3v) is 3.56. The van der Waals surface area contributed by atoms with Gasteiger partial charge in [-0.05, 0) is 30.3 Å². The van der Waals surface area contributed by atoms with E-state index >= 15 is 0 Å². The number of amides is 1. The van der Waals surface area contributed by atoms with E-state index in [4.69, 9.17) is 5.73 Å². The van der Waals surface area contributed by atoms with Crippen molar-refractivity contribution >= 4 is 17.3 Å². The Kier molecular flexibility index (Phi) is 3.28. The first-order chi connectivity index (χ1) is 9.74. The highest BCUT2D eigenvalue weighted by Crippen LogP contribution is 2.18. The number of H-pyrrole nitrogens is 1. The van der Waals surface area contributed by atoms with Crippen molar-refractivity contribution in [1.29, 1.82) is 0 Å². The van der Waals surface area contributed by atoms with Crippen LogP contribution in [0.15, 0.2) is 36.5 Å². The van der Waals surface area contributed by atoms with Crippen LogP contribution >= 0.6 is 0 Å². The van der Waals surface area contributed by atoms with Crippen LogP contribution in [0.4, 0.5) is 11.4 Å². The van der Waals surface area contributed by atoms with Gasteiger partial charge in [0.15, 0.2) is 0 Å². The maximum atomic E-state index is 12.2. The lowest BCUT2D eigenvalue weighted by molar-refractivity contribution is 0.0741. The molecule has 0 atom stereocenters. The Morgan fingerprint density at radius 1 is 1.10 bits per heavy atom. The summed E-state index contributed by atoms with van der Waals surface area (Å²) in [5, 5.41) is 6.53. The lowest BCUT2D eigenvalue weighted by Crippen LogP contribution is -2.48. The second-order valence-corrected chi connectivity index (χ2v) is 4.84. The molecule has 2 aromatic rings. The van der Waals surface area contributed by atoms with E-state index in [0.717, 1.165) is 24.5 Å². The van der Waals surface area contributed by atoms with Gasteiger partial charge in [-0.3, -0.25) is 9.89 Å². The van der Waals surface area contributed by atoms with Gasteiger partial charge in [-0.25, -0.2) is 0 Å². The van der Waals surface area contributed by atoms with Crippen molar-refractivity contribution in [2.45, 2.75) is 0 Å². The van der Waals surface area contributed by atoms with E-state index in [0.29, 0.717) is 18.8 Å². The summed E-state index contributed by atoms with van der Waals surface area (Å²) in [6, 6.07) is 9.53. The van der Waals surface area contributed by atoms with Crippen LogP contribution in [0.25, 0.3) is 0 Å². The molecule has 6 heteroatoms. The maximum Gasteiger partial charge on any atom is 0.271 e. The molecule has 3 N–H and O–H groups in total. The summed E-state index contributed by atoms with van der Waals surface area (Å²) in [4.78, 5) is 16.3. The van der Waals surface area contributed by atoms with Gasteiger partial charge in [0.25, 0.3) is 5.91 Å². The van der Waals surface area contributed by atoms with Gasteiger partial charge in [0.1, 0.15) is 5.69 Å². The molecule has 1 aliphatic rings. The Bertz CT molecular complexity index is 570. The SMILES string of the molecule is Nc1ccc(N2CCN(C(=O)c3ccn[nH]3)CC2)cc1. The quantitative estimate of drug-likeness (QED) is 0.797. The van der Waals surface area contributed by atoms with Gasteiger partial charge in [0.2, 0.25) is 0 Å². The van der Waals surface area contributed by atoms with Crippen molar-refractivity contribution in [3.8, 4) is 0 Å². The number of carbonyl (C=O) groups is 1. The summed E-state index contributed by atoms with van der Waals surface area (Å²) in [6.07, 6.45) is 1.60. The molecule has 6 nitrogen and oxygen atoms in total. The zero-order valence-electron chi connectivity index (χ0n) is 11.1. The summed E-state index contributed by atoms with van der Waals surface area (Å²) in [7, 11) is 0. The fourth-order valence-corrected chi connectivity index (χ4v) is 2.40. The van der Waals surface area contributed by atoms with Gasteiger partial charge in [0, 0.05) is 43.8 Å². The molecule has 20 heavy (non-hydrogen) atoms. The molecular formula is C14H17N5O. The first-order valence-electron chi connectivity index (χ1n) is 6.63. The zero-order chi connectivity index (χ0) is 13.9. The average molecular weight is 271 g/mol. The van der Waals surface area contributed by atoms with Gasteiger partial charge in [-0.15, -0.1) is 0 Å². The molecule has 0 bridgehead atoms. The number of hydrogen-bond acceptors (Lipinski definition) is 4. The van der Waals surface area contributed by atoms with E-state index < -0.39 is 0 Å². The fraction of sp³-hybridized carbons (Fsp3) is 0.286. The highest BCUT2D eigenvalue weighted by molar-refractivity contribution is 5.92. The first-order valence-corrected chi connectivity index (χ1v) is 6.63. The minimum atomic E-state index is 0.0134. The molecule has 1 saturated heterocycles. The lowest BCUT2D eigenvalue weighted by Gasteiger charge is -2.35. The smallest absolute Gasteiger partial charge is 0.271 e. The largest absolute Gasteiger partial charge is 0.399 e. The van der Waals surface area contributed by atoms with Crippen LogP contribution in [-0.4, -0.2) is 47.2 Å². The molecule has 0 unspecified atom stereocenters. The number of aromatic amines is 1. The van der Waals surface area contributed by atoms with Crippen molar-refractivity contribution < 1.29 is 4.79 Å². The molecule has 3 rings (SSSR count). The predicted molar refractivity (Wildman–Crippen MR) is 77.6 cm³/mol. The molecule has 1 aromatic heterocycles. The Morgan fingerprint density at radius 2 is 1.80 bits per heavy atom. The number of nitrogens with one attached hydrogen (secondary N) is 1. The van der Waals surface area contributed by atoms with Gasteiger partial charge in [-0.2, -0.15) is 5.10 Å². The van der Waals surface area contributed by atoms with Crippen molar-refractivity contribution in [3.63, 3.8) is 0 Å². The Labute approximate surface area is 117 Å². The number of nitrogen functional groups attached to an aromatic ring is 1. The molecule has 1 fully saturated rings. The lowest BCUT2D eigenvalue weighted by atomic mass is 10.2. The Hall–Kier alpha value is -2.50. The monoisotopic (exact) mass is 271 g/mol. The van der Waals surface area contributed by atoms with E-state index in [1.54, 1.807) is 12.3 Å². The third kappa shape index (κ3) is 2.45. The van der Waals surface area contributed by atoms with Crippen LogP contribution in [0.5, 0.6) is 0 Å². The van der Waals surface area contributed by atoms with Gasteiger partial charge < -0.3 is 15.5 Å². The van der Waals surface area contributed by atoms with E-state index in [1.807, 2.05) is 29.2 Å². The number of nitrogens with zero attached hydrogens (tertiary/aromatic N) is 3. The summed E-state index contributed by atoms with van der Waals surface area (Å²) in [5.74, 6) is 0.0134. The predicted octanol–water partition coefficient (Wildman–Crippen LogP) is 0.954. The third-order valence-electron chi connectivity index (χ3n) is 3.56. The fourth-order valence-electron chi connectivity index (χ4n) is 2.40. The van der Waals surface area contributed by atoms with E-state index in [-0.39, 0.29) is 5.91 Å². The average Bonchev–Trinajstić information content (AvgIpc) is 3.02. The number of hydrogen-bond donors (Lipinski definition) is 2. The van der Waals surface area contributed by atoms with Crippen molar-refractivity contribution in [2.75, 3.05) is 36.8 Å². The van der Waals surface area contributed by atoms with Crippen LogP contribution in [0.2, 0.25) is 0 Å². The topological polar surface area (TPSA) is 78.2 Å². The summed E-state index contributed by atoms with van der Waals surface area (Å²) in [6.45, 7) is 3.07. The molecule has 2 heterocycles. The number of piperazine rings is 1. The summed E-state index contributed by atoms with van der Waals surface area (Å²) < 4.78 is 0. The highest BCUT2D eigenvalue weighted by Gasteiger charge is 2.22. The van der Waals surface area contributed by atoms with Crippen molar-refractivity contribution in [3.05, 3.63) is 42.2 Å². The van der Waals surface area contributed by atoms with Crippen molar-refractivity contribution in [2.24, 2.45) is 0 Å². The molecule has 104 valence electrons. The van der Waals surface area contributed by atoms with E-state index in [9.17, 15) is 4.79 Å². The highest BCUT2D eigenvalue weighted by atomic mass is 16.2. The van der Waals surface area contributed by atoms with E-state index in [1.165, 1.54) is 0 Å². The maximum absolute atomic E-state index is 12.2. The first kappa shape index (κ1) is 12.5. The normalized spacial score (nSPS) is 15.4. The molecule has 0 radical (unpaired) electrons. The van der Waals surface area contributed by atoms with Gasteiger partial charge in [0.05, 0.1) is 0 Å². The standard InChI is InChI=1S/C14H17N5O/c15-11-1-3-12(4-2-11)18-7-9-19(10-8-18)14(20)13-5-6-16-17-13/h1-6H,7-10,15H2,(H,16,17). The summed E-state index contributed by atoms with van der Waals surface area (Å²) >= 11 is 0. The number of benzene rings is 1. The van der Waals surface area contributed by atoms with Crippen LogP contribution in [-0.2, 0) is 0 Å². The number of rotatable bonds is 2. The van der Waals surface area contributed by atoms with Crippen LogP contribution < -0.4 is 10.6 Å². The van der Waals surface area contributed by atoms with Gasteiger partial charge in [-0.1, -0.05) is 0 Å². The molecule has 0 spiro atoms. The Balaban J connectivity index is 1.62. The second-order valence-electron chi connectivity index (χ2n) is 4.84. The molecule has 1 amide bonds. The second kappa shape index (κ2) is 5.24. The Morgan fingerprint density at radius 3 is 2.40 bits per heavy atom. The minimum Gasteiger partial charge on any atom is -0.399 e. The van der Waals surface area contributed by atoms with E-state index in [2.05, 4.69) is 15.1 Å². The van der Waals surface area contributed by atoms with Crippen molar-refractivity contribution in [1.82, 2.24) is 15.1 Å². The summed E-state index contributed by atoms with van der Waals surface area (Å²) in [5.41, 5.74) is 8.15. The number of carbonyl (C=O) groups excluding carboxylic acids is 1. The zero-order valence-corrected chi connectivity index (χ0v) is 11.1. The van der Waals surface area contributed by atoms with Crippen LogP contribution in [0.1, 0.15) is 10.5 Å². The molecule has 1 aliphatic heterocycles. The minimum absolute atomic E-state index is 0.0134. The number of nitrogens with two attached hydrogens (primary N) is 1.